The van der Waals surface area contributed by atoms with Gasteiger partial charge in [-0.3, -0.25) is 0 Å². The summed E-state index contributed by atoms with van der Waals surface area (Å²) in [7, 11) is 3.17. The van der Waals surface area contributed by atoms with Crippen molar-refractivity contribution in [3.8, 4) is 11.5 Å². The van der Waals surface area contributed by atoms with E-state index in [0.29, 0.717) is 24.6 Å². The maximum atomic E-state index is 11.5. The zero-order valence-corrected chi connectivity index (χ0v) is 10.8. The number of likely N-dealkylation sites (N-methyl/N-ethyl adjacent to an activating group) is 1. The van der Waals surface area contributed by atoms with Gasteiger partial charge in [0.1, 0.15) is 6.10 Å². The van der Waals surface area contributed by atoms with Crippen LogP contribution in [0.3, 0.4) is 0 Å². The number of hydrogen-bond donors (Lipinski definition) is 0. The lowest BCUT2D eigenvalue weighted by Crippen LogP contribution is -2.23. The van der Waals surface area contributed by atoms with Gasteiger partial charge in [0.15, 0.2) is 11.5 Å². The van der Waals surface area contributed by atoms with Crippen LogP contribution in [0.4, 0.5) is 4.79 Å². The van der Waals surface area contributed by atoms with Gasteiger partial charge in [-0.1, -0.05) is 6.07 Å². The summed E-state index contributed by atoms with van der Waals surface area (Å²) in [6, 6.07) is 5.55. The van der Waals surface area contributed by atoms with E-state index in [1.165, 1.54) is 0 Å². The van der Waals surface area contributed by atoms with E-state index in [9.17, 15) is 4.79 Å². The number of benzene rings is 1. The van der Waals surface area contributed by atoms with Crippen LogP contribution < -0.4 is 9.47 Å². The summed E-state index contributed by atoms with van der Waals surface area (Å²) < 4.78 is 15.7. The Balaban J connectivity index is 2.22. The fourth-order valence-corrected chi connectivity index (χ4v) is 1.99. The average Bonchev–Trinajstić information content (AvgIpc) is 2.79. The Hall–Kier alpha value is -1.91. The Morgan fingerprint density at radius 3 is 2.61 bits per heavy atom. The molecule has 1 aliphatic rings. The van der Waals surface area contributed by atoms with Gasteiger partial charge in [-0.05, 0) is 24.6 Å². The fraction of sp³-hybridized carbons (Fsp3) is 0.462. The molecule has 1 amide bonds. The largest absolute Gasteiger partial charge is 0.493 e. The van der Waals surface area contributed by atoms with Gasteiger partial charge in [-0.25, -0.2) is 4.79 Å². The van der Waals surface area contributed by atoms with Crippen LogP contribution >= 0.6 is 0 Å². The number of carbonyl (C=O) groups is 1. The fourth-order valence-electron chi connectivity index (χ4n) is 1.99. The van der Waals surface area contributed by atoms with E-state index in [1.54, 1.807) is 19.1 Å². The normalized spacial score (nSPS) is 18.7. The first-order valence-electron chi connectivity index (χ1n) is 5.87. The van der Waals surface area contributed by atoms with Crippen LogP contribution in [0.25, 0.3) is 0 Å². The van der Waals surface area contributed by atoms with E-state index >= 15 is 0 Å². The molecule has 5 heteroatoms. The lowest BCUT2D eigenvalue weighted by molar-refractivity contribution is 0.133. The van der Waals surface area contributed by atoms with Crippen molar-refractivity contribution in [1.29, 1.82) is 0 Å². The second-order valence-corrected chi connectivity index (χ2v) is 4.03. The van der Waals surface area contributed by atoms with E-state index < -0.39 is 0 Å². The Bertz CT molecular complexity index is 447. The van der Waals surface area contributed by atoms with Crippen molar-refractivity contribution in [2.24, 2.45) is 0 Å². The molecule has 1 aromatic rings. The lowest BCUT2D eigenvalue weighted by atomic mass is 10.1. The summed E-state index contributed by atoms with van der Waals surface area (Å²) in [5, 5.41) is 0. The van der Waals surface area contributed by atoms with Gasteiger partial charge in [-0.15, -0.1) is 0 Å². The highest BCUT2D eigenvalue weighted by Gasteiger charge is 2.31. The number of cyclic esters (lactones) is 1. The Morgan fingerprint density at radius 1 is 1.33 bits per heavy atom. The molecular weight excluding hydrogens is 234 g/mol. The van der Waals surface area contributed by atoms with Crippen LogP contribution in [0.5, 0.6) is 11.5 Å². The Kier molecular flexibility index (Phi) is 3.60. The first-order valence-corrected chi connectivity index (χ1v) is 5.87. The van der Waals surface area contributed by atoms with E-state index in [1.807, 2.05) is 25.1 Å². The van der Waals surface area contributed by atoms with Crippen molar-refractivity contribution in [1.82, 2.24) is 4.90 Å². The smallest absolute Gasteiger partial charge is 0.410 e. The monoisotopic (exact) mass is 251 g/mol. The summed E-state index contributed by atoms with van der Waals surface area (Å²) >= 11 is 0. The molecule has 1 heterocycles. The predicted molar refractivity (Wildman–Crippen MR) is 66.0 cm³/mol. The molecule has 0 radical (unpaired) electrons. The van der Waals surface area contributed by atoms with Crippen molar-refractivity contribution in [2.75, 3.05) is 27.3 Å². The van der Waals surface area contributed by atoms with Crippen LogP contribution in [-0.4, -0.2) is 38.3 Å². The van der Waals surface area contributed by atoms with Gasteiger partial charge >= 0.3 is 6.09 Å². The maximum absolute atomic E-state index is 11.5. The first kappa shape index (κ1) is 12.5. The Labute approximate surface area is 106 Å². The summed E-state index contributed by atoms with van der Waals surface area (Å²) in [4.78, 5) is 13.2. The van der Waals surface area contributed by atoms with Gasteiger partial charge in [0.25, 0.3) is 0 Å². The minimum absolute atomic E-state index is 0.239. The van der Waals surface area contributed by atoms with Crippen LogP contribution in [0, 0.1) is 0 Å². The third kappa shape index (κ3) is 2.20. The number of ether oxygens (including phenoxy) is 3. The van der Waals surface area contributed by atoms with Crippen molar-refractivity contribution in [2.45, 2.75) is 13.0 Å². The molecule has 18 heavy (non-hydrogen) atoms. The number of nitrogens with zero attached hydrogens (tertiary/aromatic N) is 1. The molecule has 1 saturated heterocycles. The average molecular weight is 251 g/mol. The maximum Gasteiger partial charge on any atom is 0.410 e. The van der Waals surface area contributed by atoms with Crippen LogP contribution in [0.2, 0.25) is 0 Å². The molecule has 1 atom stereocenters. The molecular formula is C13H17NO4. The van der Waals surface area contributed by atoms with Gasteiger partial charge in [0.05, 0.1) is 20.8 Å². The molecule has 0 saturated carbocycles. The minimum Gasteiger partial charge on any atom is -0.493 e. The highest BCUT2D eigenvalue weighted by molar-refractivity contribution is 5.70. The second kappa shape index (κ2) is 5.16. The SMILES string of the molecule is CCN1CC(c2ccc(OC)c(OC)c2)OC1=O. The zero-order chi connectivity index (χ0) is 13.1. The molecule has 0 aromatic heterocycles. The first-order chi connectivity index (χ1) is 8.69. The van der Waals surface area contributed by atoms with Crippen LogP contribution in [0.1, 0.15) is 18.6 Å². The van der Waals surface area contributed by atoms with Crippen molar-refractivity contribution in [3.63, 3.8) is 0 Å². The molecule has 1 aromatic carbocycles. The molecule has 1 unspecified atom stereocenters. The summed E-state index contributed by atoms with van der Waals surface area (Å²) in [5.74, 6) is 1.30. The zero-order valence-electron chi connectivity index (χ0n) is 10.8. The molecule has 0 bridgehead atoms. The number of amides is 1. The quantitative estimate of drug-likeness (QED) is 0.823. The molecule has 98 valence electrons. The summed E-state index contributed by atoms with van der Waals surface area (Å²) in [5.41, 5.74) is 0.914. The molecule has 2 rings (SSSR count). The van der Waals surface area contributed by atoms with Gasteiger partial charge in [-0.2, -0.15) is 0 Å². The number of methoxy groups -OCH3 is 2. The van der Waals surface area contributed by atoms with Crippen molar-refractivity contribution >= 4 is 6.09 Å². The number of rotatable bonds is 4. The van der Waals surface area contributed by atoms with E-state index in [4.69, 9.17) is 14.2 Å². The van der Waals surface area contributed by atoms with Crippen molar-refractivity contribution in [3.05, 3.63) is 23.8 Å². The van der Waals surface area contributed by atoms with Gasteiger partial charge in [0.2, 0.25) is 0 Å². The molecule has 0 aliphatic carbocycles. The molecule has 1 fully saturated rings. The predicted octanol–water partition coefficient (Wildman–Crippen LogP) is 2.22. The third-order valence-corrected chi connectivity index (χ3v) is 3.05. The number of carbonyl (C=O) groups excluding carboxylic acids is 1. The minimum atomic E-state index is -0.266. The van der Waals surface area contributed by atoms with Gasteiger partial charge in [0, 0.05) is 6.54 Å². The summed E-state index contributed by atoms with van der Waals surface area (Å²) in [6.45, 7) is 3.16. The molecule has 0 spiro atoms. The lowest BCUT2D eigenvalue weighted by Gasteiger charge is -2.13. The van der Waals surface area contributed by atoms with Crippen LogP contribution in [-0.2, 0) is 4.74 Å². The topological polar surface area (TPSA) is 48.0 Å². The van der Waals surface area contributed by atoms with E-state index in [0.717, 1.165) is 5.56 Å². The highest BCUT2D eigenvalue weighted by atomic mass is 16.6. The number of hydrogen-bond acceptors (Lipinski definition) is 4. The van der Waals surface area contributed by atoms with E-state index in [2.05, 4.69) is 0 Å². The Morgan fingerprint density at radius 2 is 2.06 bits per heavy atom. The molecule has 0 N–H and O–H groups in total. The molecule has 5 nitrogen and oxygen atoms in total. The van der Waals surface area contributed by atoms with E-state index in [-0.39, 0.29) is 12.2 Å². The van der Waals surface area contributed by atoms with Crippen molar-refractivity contribution < 1.29 is 19.0 Å². The highest BCUT2D eigenvalue weighted by Crippen LogP contribution is 2.33. The van der Waals surface area contributed by atoms with Crippen LogP contribution in [0.15, 0.2) is 18.2 Å². The third-order valence-electron chi connectivity index (χ3n) is 3.05. The summed E-state index contributed by atoms with van der Waals surface area (Å²) in [6.07, 6.45) is -0.505. The second-order valence-electron chi connectivity index (χ2n) is 4.03. The standard InChI is InChI=1S/C13H17NO4/c1-4-14-8-12(18-13(14)15)9-5-6-10(16-2)11(7-9)17-3/h5-7,12H,4,8H2,1-3H3. The van der Waals surface area contributed by atoms with Gasteiger partial charge < -0.3 is 19.1 Å². The molecule has 1 aliphatic heterocycles.